The van der Waals surface area contributed by atoms with Crippen molar-refractivity contribution in [2.24, 2.45) is 0 Å². The van der Waals surface area contributed by atoms with Crippen LogP contribution in [-0.4, -0.2) is 12.1 Å². The average Bonchev–Trinajstić information content (AvgIpc) is 2.82. The van der Waals surface area contributed by atoms with Crippen LogP contribution in [0.2, 0.25) is 10.0 Å². The largest absolute Gasteiger partial charge is 0.492 e. The number of benzene rings is 2. The van der Waals surface area contributed by atoms with E-state index in [1.165, 1.54) is 7.11 Å². The lowest BCUT2D eigenvalue weighted by Gasteiger charge is -2.08. The fraction of sp³-hybridized carbons (Fsp3) is 0.0714. The Kier molecular flexibility index (Phi) is 3.31. The van der Waals surface area contributed by atoms with Gasteiger partial charge in [-0.25, -0.2) is 4.98 Å². The van der Waals surface area contributed by atoms with Gasteiger partial charge in [0.1, 0.15) is 5.52 Å². The van der Waals surface area contributed by atoms with E-state index in [-0.39, 0.29) is 0 Å². The molecular weight excluding hydrogens is 313 g/mol. The van der Waals surface area contributed by atoms with E-state index >= 15 is 0 Å². The van der Waals surface area contributed by atoms with E-state index in [2.05, 4.69) is 4.98 Å². The summed E-state index contributed by atoms with van der Waals surface area (Å²) in [5.41, 5.74) is 14.3. The Morgan fingerprint density at radius 1 is 1.10 bits per heavy atom. The summed E-state index contributed by atoms with van der Waals surface area (Å²) in [6.45, 7) is 0. The molecule has 3 rings (SSSR count). The highest BCUT2D eigenvalue weighted by Crippen LogP contribution is 2.36. The summed E-state index contributed by atoms with van der Waals surface area (Å²) in [7, 11) is 1.50. The van der Waals surface area contributed by atoms with Crippen molar-refractivity contribution in [3.63, 3.8) is 0 Å². The maximum absolute atomic E-state index is 6.09. The van der Waals surface area contributed by atoms with Gasteiger partial charge in [-0.15, -0.1) is 0 Å². The number of anilines is 2. The maximum Gasteiger partial charge on any atom is 0.227 e. The van der Waals surface area contributed by atoms with Gasteiger partial charge in [-0.2, -0.15) is 0 Å². The van der Waals surface area contributed by atoms with Gasteiger partial charge in [0.15, 0.2) is 11.3 Å². The van der Waals surface area contributed by atoms with Crippen LogP contribution in [-0.2, 0) is 0 Å². The molecule has 0 aliphatic carbocycles. The Bertz CT molecular complexity index is 823. The summed E-state index contributed by atoms with van der Waals surface area (Å²) in [6.07, 6.45) is 0. The van der Waals surface area contributed by atoms with E-state index < -0.39 is 0 Å². The van der Waals surface area contributed by atoms with Crippen molar-refractivity contribution in [3.05, 3.63) is 34.3 Å². The average molecular weight is 324 g/mol. The summed E-state index contributed by atoms with van der Waals surface area (Å²) >= 11 is 12.0. The van der Waals surface area contributed by atoms with Gasteiger partial charge in [0.2, 0.25) is 5.89 Å². The number of oxazole rings is 1. The molecule has 0 aliphatic rings. The number of hydrogen-bond donors (Lipinski definition) is 2. The van der Waals surface area contributed by atoms with E-state index in [1.807, 2.05) is 0 Å². The van der Waals surface area contributed by atoms with Crippen LogP contribution in [0.1, 0.15) is 0 Å². The smallest absolute Gasteiger partial charge is 0.227 e. The van der Waals surface area contributed by atoms with Crippen LogP contribution in [0.15, 0.2) is 28.7 Å². The molecule has 21 heavy (non-hydrogen) atoms. The highest BCUT2D eigenvalue weighted by molar-refractivity contribution is 6.38. The number of ether oxygens (including phenoxy) is 1. The number of aromatic nitrogens is 1. The fourth-order valence-electron chi connectivity index (χ4n) is 2.12. The molecule has 0 aliphatic heterocycles. The number of fused-ring (bicyclic) bond motifs is 1. The predicted molar refractivity (Wildman–Crippen MR) is 84.8 cm³/mol. The monoisotopic (exact) mass is 323 g/mol. The first-order valence-electron chi connectivity index (χ1n) is 5.98. The first kappa shape index (κ1) is 13.9. The molecule has 0 radical (unpaired) electrons. The molecule has 108 valence electrons. The lowest BCUT2D eigenvalue weighted by atomic mass is 10.1. The quantitative estimate of drug-likeness (QED) is 0.696. The molecule has 5 nitrogen and oxygen atoms in total. The van der Waals surface area contributed by atoms with Crippen LogP contribution in [0.25, 0.3) is 22.6 Å². The number of nitrogens with zero attached hydrogens (tertiary/aromatic N) is 1. The van der Waals surface area contributed by atoms with Crippen LogP contribution in [0, 0.1) is 0 Å². The van der Waals surface area contributed by atoms with Crippen molar-refractivity contribution in [2.75, 3.05) is 18.6 Å². The highest BCUT2D eigenvalue weighted by Gasteiger charge is 2.15. The van der Waals surface area contributed by atoms with E-state index in [9.17, 15) is 0 Å². The number of nitrogens with two attached hydrogens (primary N) is 2. The van der Waals surface area contributed by atoms with Gasteiger partial charge in [0, 0.05) is 10.6 Å². The van der Waals surface area contributed by atoms with Gasteiger partial charge in [-0.05, 0) is 24.3 Å². The Balaban J connectivity index is 2.19. The lowest BCUT2D eigenvalue weighted by molar-refractivity contribution is 0.419. The third-order valence-corrected chi connectivity index (χ3v) is 3.51. The van der Waals surface area contributed by atoms with E-state index in [0.717, 1.165) is 0 Å². The first-order valence-corrected chi connectivity index (χ1v) is 6.74. The number of nitrogen functional groups attached to an aromatic ring is 2. The topological polar surface area (TPSA) is 87.3 Å². The van der Waals surface area contributed by atoms with Crippen molar-refractivity contribution in [1.82, 2.24) is 4.98 Å². The van der Waals surface area contributed by atoms with Gasteiger partial charge in [0.25, 0.3) is 0 Å². The second kappa shape index (κ2) is 5.02. The zero-order valence-electron chi connectivity index (χ0n) is 11.0. The standard InChI is InChI=1S/C14H11Cl2N3O2/c1-20-13-9(17)2-6(3-10(13)18)14-19-11-5-7(15)4-8(16)12(11)21-14/h2-5H,17-18H2,1H3. The van der Waals surface area contributed by atoms with Gasteiger partial charge in [0.05, 0.1) is 23.5 Å². The summed E-state index contributed by atoms with van der Waals surface area (Å²) in [6, 6.07) is 6.62. The number of methoxy groups -OCH3 is 1. The van der Waals surface area contributed by atoms with Crippen molar-refractivity contribution >= 4 is 45.7 Å². The summed E-state index contributed by atoms with van der Waals surface area (Å²) in [5, 5.41) is 0.881. The molecule has 3 aromatic rings. The normalized spacial score (nSPS) is 11.0. The van der Waals surface area contributed by atoms with Crippen molar-refractivity contribution < 1.29 is 9.15 Å². The minimum atomic E-state index is 0.357. The van der Waals surface area contributed by atoms with E-state index in [0.29, 0.717) is 49.7 Å². The van der Waals surface area contributed by atoms with Gasteiger partial charge < -0.3 is 20.6 Å². The number of rotatable bonds is 2. The number of halogens is 2. The molecule has 0 fully saturated rings. The molecule has 0 unspecified atom stereocenters. The molecule has 2 aromatic carbocycles. The molecule has 0 saturated carbocycles. The molecule has 1 aromatic heterocycles. The summed E-state index contributed by atoms with van der Waals surface area (Å²) < 4.78 is 10.8. The van der Waals surface area contributed by atoms with Crippen LogP contribution >= 0.6 is 23.2 Å². The zero-order chi connectivity index (χ0) is 15.1. The predicted octanol–water partition coefficient (Wildman–Crippen LogP) is 3.97. The van der Waals surface area contributed by atoms with Crippen molar-refractivity contribution in [3.8, 4) is 17.2 Å². The second-order valence-electron chi connectivity index (χ2n) is 4.44. The second-order valence-corrected chi connectivity index (χ2v) is 5.29. The molecule has 7 heteroatoms. The molecule has 0 amide bonds. The summed E-state index contributed by atoms with van der Waals surface area (Å²) in [5.74, 6) is 0.783. The number of hydrogen-bond acceptors (Lipinski definition) is 5. The van der Waals surface area contributed by atoms with Crippen LogP contribution < -0.4 is 16.2 Å². The van der Waals surface area contributed by atoms with E-state index in [4.69, 9.17) is 43.8 Å². The third kappa shape index (κ3) is 2.34. The Hall–Kier alpha value is -2.11. The van der Waals surface area contributed by atoms with E-state index in [1.54, 1.807) is 24.3 Å². The SMILES string of the molecule is COc1c(N)cc(-c2nc3cc(Cl)cc(Cl)c3o2)cc1N. The summed E-state index contributed by atoms with van der Waals surface area (Å²) in [4.78, 5) is 4.35. The zero-order valence-corrected chi connectivity index (χ0v) is 12.5. The molecule has 0 bridgehead atoms. The molecule has 0 atom stereocenters. The Labute approximate surface area is 130 Å². The minimum absolute atomic E-state index is 0.357. The highest BCUT2D eigenvalue weighted by atomic mass is 35.5. The van der Waals surface area contributed by atoms with Gasteiger partial charge in [-0.1, -0.05) is 23.2 Å². The minimum Gasteiger partial charge on any atom is -0.492 e. The van der Waals surface area contributed by atoms with Crippen LogP contribution in [0.4, 0.5) is 11.4 Å². The maximum atomic E-state index is 6.09. The van der Waals surface area contributed by atoms with Crippen molar-refractivity contribution in [1.29, 1.82) is 0 Å². The third-order valence-electron chi connectivity index (χ3n) is 3.01. The molecule has 0 saturated heterocycles. The van der Waals surface area contributed by atoms with Crippen LogP contribution in [0.3, 0.4) is 0 Å². The molecule has 4 N–H and O–H groups in total. The Morgan fingerprint density at radius 2 is 1.76 bits per heavy atom. The first-order chi connectivity index (χ1) is 9.99. The molecular formula is C14H11Cl2N3O2. The fourth-order valence-corrected chi connectivity index (χ4v) is 2.64. The Morgan fingerprint density at radius 3 is 2.38 bits per heavy atom. The van der Waals surface area contributed by atoms with Crippen molar-refractivity contribution in [2.45, 2.75) is 0 Å². The molecule has 0 spiro atoms. The molecule has 1 heterocycles. The van der Waals surface area contributed by atoms with Crippen LogP contribution in [0.5, 0.6) is 5.75 Å². The van der Waals surface area contributed by atoms with Gasteiger partial charge in [-0.3, -0.25) is 0 Å². The lowest BCUT2D eigenvalue weighted by Crippen LogP contribution is -1.98. The van der Waals surface area contributed by atoms with Gasteiger partial charge >= 0.3 is 0 Å².